The van der Waals surface area contributed by atoms with Gasteiger partial charge in [0, 0.05) is 12.3 Å². The van der Waals surface area contributed by atoms with Crippen LogP contribution in [-0.2, 0) is 14.3 Å². The van der Waals surface area contributed by atoms with Crippen LogP contribution in [0.25, 0.3) is 0 Å². The van der Waals surface area contributed by atoms with E-state index in [4.69, 9.17) is 9.47 Å². The third-order valence-electron chi connectivity index (χ3n) is 3.27. The van der Waals surface area contributed by atoms with E-state index in [-0.39, 0.29) is 12.0 Å². The zero-order chi connectivity index (χ0) is 15.6. The van der Waals surface area contributed by atoms with Gasteiger partial charge in [0.25, 0.3) is 0 Å². The van der Waals surface area contributed by atoms with Crippen molar-refractivity contribution < 1.29 is 19.1 Å². The first-order valence-electron chi connectivity index (χ1n) is 6.85. The topological polar surface area (TPSA) is 55.8 Å². The van der Waals surface area contributed by atoms with Crippen molar-refractivity contribution in [3.63, 3.8) is 0 Å². The Morgan fingerprint density at radius 3 is 2.60 bits per heavy atom. The molecular formula is C15H25NO4. The first-order chi connectivity index (χ1) is 9.12. The van der Waals surface area contributed by atoms with E-state index in [1.165, 1.54) is 0 Å². The standard InChI is InChI=1S/C15H25NO4/c1-7-11(8-9-17)12-10-19-15(5,6)16(12)13(18)20-14(2,3)4/h7,9,11-12H,1,8,10H2,2-6H3/t11-,12-/m1/s1. The second-order valence-corrected chi connectivity index (χ2v) is 6.48. The largest absolute Gasteiger partial charge is 0.444 e. The van der Waals surface area contributed by atoms with Gasteiger partial charge in [-0.1, -0.05) is 6.08 Å². The van der Waals surface area contributed by atoms with Crippen LogP contribution in [0.15, 0.2) is 12.7 Å². The van der Waals surface area contributed by atoms with E-state index < -0.39 is 17.4 Å². The van der Waals surface area contributed by atoms with Gasteiger partial charge in [0.2, 0.25) is 0 Å². The Morgan fingerprint density at radius 1 is 1.55 bits per heavy atom. The van der Waals surface area contributed by atoms with Crippen molar-refractivity contribution in [3.8, 4) is 0 Å². The van der Waals surface area contributed by atoms with Gasteiger partial charge in [-0.05, 0) is 34.6 Å². The van der Waals surface area contributed by atoms with E-state index in [1.54, 1.807) is 11.0 Å². The number of aldehydes is 1. The third kappa shape index (κ3) is 3.82. The quantitative estimate of drug-likeness (QED) is 0.588. The zero-order valence-electron chi connectivity index (χ0n) is 13.0. The monoisotopic (exact) mass is 283 g/mol. The molecule has 1 saturated heterocycles. The lowest BCUT2D eigenvalue weighted by atomic mass is 9.96. The van der Waals surface area contributed by atoms with Crippen molar-refractivity contribution in [2.24, 2.45) is 5.92 Å². The lowest BCUT2D eigenvalue weighted by Crippen LogP contribution is -2.51. The number of carbonyl (C=O) groups excluding carboxylic acids is 2. The number of amides is 1. The van der Waals surface area contributed by atoms with E-state index in [0.717, 1.165) is 6.29 Å². The molecule has 0 bridgehead atoms. The van der Waals surface area contributed by atoms with Gasteiger partial charge in [0.15, 0.2) is 0 Å². The lowest BCUT2D eigenvalue weighted by Gasteiger charge is -2.36. The van der Waals surface area contributed by atoms with Gasteiger partial charge < -0.3 is 14.3 Å². The summed E-state index contributed by atoms with van der Waals surface area (Å²) < 4.78 is 11.1. The van der Waals surface area contributed by atoms with Crippen molar-refractivity contribution in [2.45, 2.75) is 58.4 Å². The average molecular weight is 283 g/mol. The number of ether oxygens (including phenoxy) is 2. The molecule has 1 aliphatic rings. The summed E-state index contributed by atoms with van der Waals surface area (Å²) in [6, 6.07) is -0.234. The zero-order valence-corrected chi connectivity index (χ0v) is 13.0. The van der Waals surface area contributed by atoms with Crippen LogP contribution in [0, 0.1) is 5.92 Å². The second kappa shape index (κ2) is 5.95. The van der Waals surface area contributed by atoms with Gasteiger partial charge in [0.1, 0.15) is 17.6 Å². The Labute approximate surface area is 120 Å². The smallest absolute Gasteiger partial charge is 0.412 e. The summed E-state index contributed by atoms with van der Waals surface area (Å²) in [5.41, 5.74) is -1.33. The predicted octanol–water partition coefficient (Wildman–Crippen LogP) is 2.75. The summed E-state index contributed by atoms with van der Waals surface area (Å²) in [6.45, 7) is 13.2. The number of hydrogen-bond donors (Lipinski definition) is 0. The number of nitrogens with zero attached hydrogens (tertiary/aromatic N) is 1. The summed E-state index contributed by atoms with van der Waals surface area (Å²) in [4.78, 5) is 24.8. The highest BCUT2D eigenvalue weighted by molar-refractivity contribution is 5.70. The van der Waals surface area contributed by atoms with E-state index in [0.29, 0.717) is 13.0 Å². The summed E-state index contributed by atoms with van der Waals surface area (Å²) in [7, 11) is 0. The van der Waals surface area contributed by atoms with Gasteiger partial charge >= 0.3 is 6.09 Å². The molecule has 1 aliphatic heterocycles. The molecule has 1 fully saturated rings. The van der Waals surface area contributed by atoms with Crippen LogP contribution in [0.2, 0.25) is 0 Å². The summed E-state index contributed by atoms with van der Waals surface area (Å²) >= 11 is 0. The molecular weight excluding hydrogens is 258 g/mol. The molecule has 0 aromatic carbocycles. The molecule has 0 spiro atoms. The highest BCUT2D eigenvalue weighted by Crippen LogP contribution is 2.33. The fourth-order valence-corrected chi connectivity index (χ4v) is 2.34. The first-order valence-corrected chi connectivity index (χ1v) is 6.85. The van der Waals surface area contributed by atoms with Crippen molar-refractivity contribution in [1.82, 2.24) is 4.90 Å². The Bertz CT molecular complexity index is 384. The van der Waals surface area contributed by atoms with Crippen LogP contribution in [0.5, 0.6) is 0 Å². The molecule has 2 atom stereocenters. The van der Waals surface area contributed by atoms with Crippen LogP contribution in [0.1, 0.15) is 41.0 Å². The number of carbonyl (C=O) groups is 2. The molecule has 1 amide bonds. The molecule has 0 aliphatic carbocycles. The molecule has 114 valence electrons. The Balaban J connectivity index is 2.98. The SMILES string of the molecule is C=C[C@H](CC=O)[C@H]1COC(C)(C)N1C(=O)OC(C)(C)C. The molecule has 5 nitrogen and oxygen atoms in total. The fourth-order valence-electron chi connectivity index (χ4n) is 2.34. The highest BCUT2D eigenvalue weighted by atomic mass is 16.6. The van der Waals surface area contributed by atoms with Gasteiger partial charge in [-0.3, -0.25) is 4.90 Å². The van der Waals surface area contributed by atoms with Crippen LogP contribution < -0.4 is 0 Å². The molecule has 0 unspecified atom stereocenters. The molecule has 1 rings (SSSR count). The lowest BCUT2D eigenvalue weighted by molar-refractivity contribution is -0.109. The van der Waals surface area contributed by atoms with Crippen LogP contribution in [-0.4, -0.2) is 41.3 Å². The van der Waals surface area contributed by atoms with Crippen LogP contribution in [0.4, 0.5) is 4.79 Å². The minimum absolute atomic E-state index is 0.137. The number of hydrogen-bond acceptors (Lipinski definition) is 4. The Kier molecular flexibility index (Phi) is 4.97. The van der Waals surface area contributed by atoms with E-state index in [1.807, 2.05) is 34.6 Å². The minimum atomic E-state index is -0.753. The highest BCUT2D eigenvalue weighted by Gasteiger charge is 2.47. The van der Waals surface area contributed by atoms with Gasteiger partial charge in [-0.15, -0.1) is 6.58 Å². The van der Waals surface area contributed by atoms with E-state index in [9.17, 15) is 9.59 Å². The normalized spacial score (nSPS) is 23.2. The molecule has 5 heteroatoms. The maximum absolute atomic E-state index is 12.4. The maximum Gasteiger partial charge on any atom is 0.412 e. The van der Waals surface area contributed by atoms with E-state index in [2.05, 4.69) is 6.58 Å². The Hall–Kier alpha value is -1.36. The summed E-state index contributed by atoms with van der Waals surface area (Å²) in [5, 5.41) is 0. The van der Waals surface area contributed by atoms with E-state index >= 15 is 0 Å². The average Bonchev–Trinajstić information content (AvgIpc) is 2.59. The second-order valence-electron chi connectivity index (χ2n) is 6.48. The molecule has 1 heterocycles. The van der Waals surface area contributed by atoms with Crippen molar-refractivity contribution in [3.05, 3.63) is 12.7 Å². The first kappa shape index (κ1) is 16.7. The third-order valence-corrected chi connectivity index (χ3v) is 3.27. The predicted molar refractivity (Wildman–Crippen MR) is 76.3 cm³/mol. The fraction of sp³-hybridized carbons (Fsp3) is 0.733. The molecule has 0 aromatic rings. The summed E-state index contributed by atoms with van der Waals surface area (Å²) in [5.74, 6) is -0.137. The maximum atomic E-state index is 12.4. The van der Waals surface area contributed by atoms with Crippen molar-refractivity contribution in [1.29, 1.82) is 0 Å². The van der Waals surface area contributed by atoms with Crippen molar-refractivity contribution in [2.75, 3.05) is 6.61 Å². The van der Waals surface area contributed by atoms with Crippen LogP contribution >= 0.6 is 0 Å². The van der Waals surface area contributed by atoms with Gasteiger partial charge in [-0.2, -0.15) is 0 Å². The molecule has 0 radical (unpaired) electrons. The van der Waals surface area contributed by atoms with Gasteiger partial charge in [0.05, 0.1) is 12.6 Å². The minimum Gasteiger partial charge on any atom is -0.444 e. The molecule has 20 heavy (non-hydrogen) atoms. The molecule has 0 N–H and O–H groups in total. The van der Waals surface area contributed by atoms with Crippen molar-refractivity contribution >= 4 is 12.4 Å². The molecule has 0 aromatic heterocycles. The molecule has 0 saturated carbocycles. The number of rotatable bonds is 4. The van der Waals surface area contributed by atoms with Gasteiger partial charge in [-0.25, -0.2) is 4.79 Å². The van der Waals surface area contributed by atoms with Crippen LogP contribution in [0.3, 0.4) is 0 Å². The summed E-state index contributed by atoms with van der Waals surface area (Å²) in [6.07, 6.45) is 2.42. The Morgan fingerprint density at radius 2 is 2.15 bits per heavy atom.